The van der Waals surface area contributed by atoms with Crippen LogP contribution in [0.3, 0.4) is 0 Å². The number of hydrogen-bond donors (Lipinski definition) is 0. The van der Waals surface area contributed by atoms with Crippen molar-refractivity contribution in [3.8, 4) is 0 Å². The average molecular weight is 158 g/mol. The molecule has 0 aliphatic rings. The fraction of sp³-hybridized carbons (Fsp3) is 0.500. The number of rotatable bonds is 4. The van der Waals surface area contributed by atoms with Crippen LogP contribution in [0.1, 0.15) is 20.3 Å². The second kappa shape index (κ2) is 6.75. The van der Waals surface area contributed by atoms with Crippen LogP contribution in [0.2, 0.25) is 0 Å². The molecule has 0 heterocycles. The summed E-state index contributed by atoms with van der Waals surface area (Å²) in [5.74, 6) is 0. The molecule has 0 aliphatic carbocycles. The van der Waals surface area contributed by atoms with Gasteiger partial charge in [0.1, 0.15) is 0 Å². The first-order chi connectivity index (χ1) is 4.81. The van der Waals surface area contributed by atoms with E-state index in [1.54, 1.807) is 25.1 Å². The van der Waals surface area contributed by atoms with Gasteiger partial charge in [-0.05, 0) is 18.8 Å². The fourth-order valence-electron chi connectivity index (χ4n) is 0.326. The monoisotopic (exact) mass is 158 g/mol. The summed E-state index contributed by atoms with van der Waals surface area (Å²) in [4.78, 5) is 0. The first kappa shape index (κ1) is 9.63. The molecule has 0 rings (SSSR count). The van der Waals surface area contributed by atoms with Crippen LogP contribution in [-0.4, -0.2) is 7.11 Å². The predicted octanol–water partition coefficient (Wildman–Crippen LogP) is 3.15. The SMILES string of the molecule is CC/C(C)=C\S/C=C/OC. The lowest BCUT2D eigenvalue weighted by Crippen LogP contribution is -1.66. The van der Waals surface area contributed by atoms with Crippen molar-refractivity contribution < 1.29 is 4.74 Å². The summed E-state index contributed by atoms with van der Waals surface area (Å²) in [6, 6.07) is 0. The van der Waals surface area contributed by atoms with Gasteiger partial charge >= 0.3 is 0 Å². The molecular weight excluding hydrogens is 144 g/mol. The van der Waals surface area contributed by atoms with Gasteiger partial charge in [-0.2, -0.15) is 0 Å². The Morgan fingerprint density at radius 2 is 2.30 bits per heavy atom. The lowest BCUT2D eigenvalue weighted by atomic mass is 10.3. The average Bonchev–Trinajstić information content (AvgIpc) is 1.98. The first-order valence-electron chi connectivity index (χ1n) is 3.30. The lowest BCUT2D eigenvalue weighted by molar-refractivity contribution is 0.339. The van der Waals surface area contributed by atoms with E-state index in [4.69, 9.17) is 4.74 Å². The standard InChI is InChI=1S/C8H14OS/c1-4-8(2)7-10-6-5-9-3/h5-7H,4H2,1-3H3/b6-5+,8-7-. The third-order valence-electron chi connectivity index (χ3n) is 1.10. The molecule has 0 saturated carbocycles. The molecule has 0 bridgehead atoms. The van der Waals surface area contributed by atoms with Gasteiger partial charge in [0.2, 0.25) is 0 Å². The fourth-order valence-corrected chi connectivity index (χ4v) is 0.979. The molecule has 0 N–H and O–H groups in total. The molecule has 1 nitrogen and oxygen atoms in total. The Kier molecular flexibility index (Phi) is 6.50. The van der Waals surface area contributed by atoms with Gasteiger partial charge in [0.25, 0.3) is 0 Å². The van der Waals surface area contributed by atoms with E-state index in [9.17, 15) is 0 Å². The number of hydrogen-bond acceptors (Lipinski definition) is 2. The van der Waals surface area contributed by atoms with Crippen LogP contribution in [0.15, 0.2) is 22.7 Å². The molecular formula is C8H14OS. The maximum Gasteiger partial charge on any atom is 0.0890 e. The smallest absolute Gasteiger partial charge is 0.0890 e. The van der Waals surface area contributed by atoms with E-state index in [0.29, 0.717) is 0 Å². The zero-order valence-electron chi connectivity index (χ0n) is 6.76. The largest absolute Gasteiger partial charge is 0.504 e. The van der Waals surface area contributed by atoms with Crippen molar-refractivity contribution in [3.63, 3.8) is 0 Å². The number of methoxy groups -OCH3 is 1. The summed E-state index contributed by atoms with van der Waals surface area (Å²) in [5.41, 5.74) is 1.39. The summed E-state index contributed by atoms with van der Waals surface area (Å²) in [7, 11) is 1.65. The summed E-state index contributed by atoms with van der Waals surface area (Å²) >= 11 is 1.64. The molecule has 0 amide bonds. The topological polar surface area (TPSA) is 9.23 Å². The molecule has 0 aliphatic heterocycles. The third-order valence-corrected chi connectivity index (χ3v) is 1.90. The zero-order chi connectivity index (χ0) is 7.82. The predicted molar refractivity (Wildman–Crippen MR) is 47.8 cm³/mol. The maximum atomic E-state index is 4.73. The normalized spacial score (nSPS) is 12.5. The van der Waals surface area contributed by atoms with Crippen LogP contribution < -0.4 is 0 Å². The van der Waals surface area contributed by atoms with Crippen LogP contribution in [0, 0.1) is 0 Å². The molecule has 0 atom stereocenters. The van der Waals surface area contributed by atoms with Crippen molar-refractivity contribution in [2.45, 2.75) is 20.3 Å². The number of thioether (sulfide) groups is 1. The van der Waals surface area contributed by atoms with Crippen molar-refractivity contribution in [2.24, 2.45) is 0 Å². The highest BCUT2D eigenvalue weighted by Gasteiger charge is 1.79. The van der Waals surface area contributed by atoms with Gasteiger partial charge in [-0.3, -0.25) is 0 Å². The van der Waals surface area contributed by atoms with E-state index in [-0.39, 0.29) is 0 Å². The van der Waals surface area contributed by atoms with E-state index in [1.165, 1.54) is 5.57 Å². The zero-order valence-corrected chi connectivity index (χ0v) is 7.57. The van der Waals surface area contributed by atoms with E-state index in [2.05, 4.69) is 19.3 Å². The highest BCUT2D eigenvalue weighted by Crippen LogP contribution is 2.10. The van der Waals surface area contributed by atoms with Crippen LogP contribution in [0.25, 0.3) is 0 Å². The molecule has 0 radical (unpaired) electrons. The highest BCUT2D eigenvalue weighted by atomic mass is 32.2. The molecule has 0 aromatic carbocycles. The molecule has 58 valence electrons. The van der Waals surface area contributed by atoms with Gasteiger partial charge < -0.3 is 4.74 Å². The van der Waals surface area contributed by atoms with E-state index in [0.717, 1.165) is 6.42 Å². The Morgan fingerprint density at radius 3 is 2.80 bits per heavy atom. The Labute approximate surface area is 67.2 Å². The summed E-state index contributed by atoms with van der Waals surface area (Å²) in [6.07, 6.45) is 2.79. The molecule has 0 saturated heterocycles. The van der Waals surface area contributed by atoms with Crippen molar-refractivity contribution >= 4 is 11.8 Å². The Morgan fingerprint density at radius 1 is 1.60 bits per heavy atom. The van der Waals surface area contributed by atoms with Gasteiger partial charge in [-0.1, -0.05) is 12.5 Å². The van der Waals surface area contributed by atoms with Crippen LogP contribution in [-0.2, 0) is 4.74 Å². The van der Waals surface area contributed by atoms with E-state index in [1.807, 2.05) is 5.41 Å². The molecule has 0 aromatic rings. The molecule has 10 heavy (non-hydrogen) atoms. The first-order valence-corrected chi connectivity index (χ1v) is 4.24. The van der Waals surface area contributed by atoms with Crippen molar-refractivity contribution in [1.82, 2.24) is 0 Å². The van der Waals surface area contributed by atoms with Gasteiger partial charge in [-0.25, -0.2) is 0 Å². The Bertz CT molecular complexity index is 127. The van der Waals surface area contributed by atoms with Gasteiger partial charge in [0.05, 0.1) is 13.4 Å². The lowest BCUT2D eigenvalue weighted by Gasteiger charge is -1.90. The minimum Gasteiger partial charge on any atom is -0.504 e. The number of allylic oxidation sites excluding steroid dienone is 1. The minimum absolute atomic E-state index is 1.12. The van der Waals surface area contributed by atoms with Crippen molar-refractivity contribution in [2.75, 3.05) is 7.11 Å². The quantitative estimate of drug-likeness (QED) is 0.581. The molecule has 2 heteroatoms. The molecule has 0 unspecified atom stereocenters. The van der Waals surface area contributed by atoms with E-state index >= 15 is 0 Å². The van der Waals surface area contributed by atoms with Gasteiger partial charge in [0, 0.05) is 5.41 Å². The van der Waals surface area contributed by atoms with Crippen molar-refractivity contribution in [3.05, 3.63) is 22.7 Å². The second-order valence-electron chi connectivity index (χ2n) is 1.96. The van der Waals surface area contributed by atoms with Crippen molar-refractivity contribution in [1.29, 1.82) is 0 Å². The van der Waals surface area contributed by atoms with E-state index < -0.39 is 0 Å². The van der Waals surface area contributed by atoms with Crippen LogP contribution in [0.4, 0.5) is 0 Å². The Hall–Kier alpha value is -0.370. The third kappa shape index (κ3) is 5.76. The summed E-state index contributed by atoms with van der Waals surface area (Å²) < 4.78 is 4.73. The molecule has 0 aromatic heterocycles. The van der Waals surface area contributed by atoms with Crippen LogP contribution >= 0.6 is 11.8 Å². The minimum atomic E-state index is 1.12. The second-order valence-corrected chi connectivity index (χ2v) is 2.74. The van der Waals surface area contributed by atoms with Crippen LogP contribution in [0.5, 0.6) is 0 Å². The molecule has 0 spiro atoms. The summed E-state index contributed by atoms with van der Waals surface area (Å²) in [5, 5.41) is 4.04. The highest BCUT2D eigenvalue weighted by molar-refractivity contribution is 8.04. The Balaban J connectivity index is 3.42. The van der Waals surface area contributed by atoms with Gasteiger partial charge in [0.15, 0.2) is 0 Å². The van der Waals surface area contributed by atoms with Gasteiger partial charge in [-0.15, -0.1) is 11.8 Å². The summed E-state index contributed by atoms with van der Waals surface area (Å²) in [6.45, 7) is 4.26. The maximum absolute atomic E-state index is 4.73. The molecule has 0 fully saturated rings. The number of ether oxygens (including phenoxy) is 1.